The Morgan fingerprint density at radius 1 is 1.00 bits per heavy atom. The molecule has 1 aliphatic heterocycles. The Kier molecular flexibility index (Phi) is 5.11. The summed E-state index contributed by atoms with van der Waals surface area (Å²) >= 11 is 0. The third-order valence-corrected chi connectivity index (χ3v) is 5.51. The van der Waals surface area contributed by atoms with E-state index in [-0.39, 0.29) is 6.04 Å². The van der Waals surface area contributed by atoms with Gasteiger partial charge in [-0.25, -0.2) is 24.3 Å². The van der Waals surface area contributed by atoms with E-state index in [0.29, 0.717) is 5.95 Å². The van der Waals surface area contributed by atoms with Crippen LogP contribution < -0.4 is 4.90 Å². The van der Waals surface area contributed by atoms with E-state index in [0.717, 1.165) is 66.5 Å². The number of aryl methyl sites for hydroxylation is 1. The smallest absolute Gasteiger partial charge is 0.250 e. The lowest BCUT2D eigenvalue weighted by atomic mass is 10.2. The van der Waals surface area contributed by atoms with E-state index in [9.17, 15) is 0 Å². The highest BCUT2D eigenvalue weighted by Crippen LogP contribution is 2.25. The molecule has 160 valence electrons. The maximum atomic E-state index is 5.41. The second-order valence-corrected chi connectivity index (χ2v) is 7.89. The Labute approximate surface area is 180 Å². The number of hydrogen-bond donors (Lipinski definition) is 0. The molecule has 0 bridgehead atoms. The largest absolute Gasteiger partial charge is 0.378 e. The Bertz CT molecular complexity index is 1190. The van der Waals surface area contributed by atoms with Crippen molar-refractivity contribution in [1.82, 2.24) is 34.5 Å². The number of anilines is 1. The predicted octanol–water partition coefficient (Wildman–Crippen LogP) is 3.05. The number of rotatable bonds is 5. The van der Waals surface area contributed by atoms with Crippen molar-refractivity contribution >= 4 is 16.7 Å². The average molecular weight is 419 g/mol. The van der Waals surface area contributed by atoms with Gasteiger partial charge >= 0.3 is 0 Å². The molecule has 5 rings (SSSR count). The molecule has 4 aromatic rings. The number of hydrogen-bond acceptors (Lipinski definition) is 7. The summed E-state index contributed by atoms with van der Waals surface area (Å²) in [6.07, 6.45) is 6.42. The summed E-state index contributed by atoms with van der Waals surface area (Å²) in [4.78, 5) is 16.1. The van der Waals surface area contributed by atoms with E-state index in [1.165, 1.54) is 0 Å². The molecular weight excluding hydrogens is 392 g/mol. The van der Waals surface area contributed by atoms with Gasteiger partial charge < -0.3 is 9.64 Å². The van der Waals surface area contributed by atoms with Crippen LogP contribution in [0.5, 0.6) is 0 Å². The average Bonchev–Trinajstić information content (AvgIpc) is 3.44. The van der Waals surface area contributed by atoms with Crippen molar-refractivity contribution in [2.75, 3.05) is 31.2 Å². The number of morpholine rings is 1. The van der Waals surface area contributed by atoms with E-state index >= 15 is 0 Å². The van der Waals surface area contributed by atoms with Crippen molar-refractivity contribution in [3.05, 3.63) is 42.5 Å². The summed E-state index contributed by atoms with van der Waals surface area (Å²) in [7, 11) is 0. The van der Waals surface area contributed by atoms with E-state index in [1.807, 2.05) is 35.4 Å². The molecule has 1 saturated heterocycles. The molecule has 0 radical (unpaired) electrons. The zero-order valence-corrected chi connectivity index (χ0v) is 18.1. The number of ether oxygens (including phenoxy) is 1. The molecule has 0 N–H and O–H groups in total. The van der Waals surface area contributed by atoms with Gasteiger partial charge in [0.15, 0.2) is 5.65 Å². The Morgan fingerprint density at radius 3 is 2.48 bits per heavy atom. The van der Waals surface area contributed by atoms with Crippen LogP contribution in [0.15, 0.2) is 36.8 Å². The van der Waals surface area contributed by atoms with Crippen LogP contribution in [0.4, 0.5) is 5.69 Å². The van der Waals surface area contributed by atoms with Gasteiger partial charge in [-0.05, 0) is 38.5 Å². The lowest BCUT2D eigenvalue weighted by molar-refractivity contribution is 0.122. The van der Waals surface area contributed by atoms with Gasteiger partial charge in [-0.1, -0.05) is 6.92 Å². The minimum absolute atomic E-state index is 0.237. The fraction of sp³-hybridized carbons (Fsp3) is 0.409. The molecule has 0 atom stereocenters. The highest BCUT2D eigenvalue weighted by molar-refractivity contribution is 5.81. The first-order valence-corrected chi connectivity index (χ1v) is 10.7. The first kappa shape index (κ1) is 19.6. The van der Waals surface area contributed by atoms with Gasteiger partial charge in [-0.3, -0.25) is 0 Å². The van der Waals surface area contributed by atoms with Crippen LogP contribution in [0.25, 0.3) is 28.4 Å². The third-order valence-electron chi connectivity index (χ3n) is 5.51. The van der Waals surface area contributed by atoms with Crippen molar-refractivity contribution in [2.45, 2.75) is 33.2 Å². The highest BCUT2D eigenvalue weighted by atomic mass is 16.5. The van der Waals surface area contributed by atoms with Crippen LogP contribution >= 0.6 is 0 Å². The van der Waals surface area contributed by atoms with Crippen LogP contribution in [0, 0.1) is 0 Å². The van der Waals surface area contributed by atoms with Crippen molar-refractivity contribution in [3.63, 3.8) is 0 Å². The van der Waals surface area contributed by atoms with E-state index in [2.05, 4.69) is 46.8 Å². The topological polar surface area (TPSA) is 86.8 Å². The fourth-order valence-corrected chi connectivity index (χ4v) is 3.83. The van der Waals surface area contributed by atoms with Gasteiger partial charge in [-0.2, -0.15) is 10.2 Å². The molecule has 1 aliphatic rings. The lowest BCUT2D eigenvalue weighted by Gasteiger charge is -2.28. The molecule has 1 fully saturated rings. The zero-order chi connectivity index (χ0) is 21.4. The van der Waals surface area contributed by atoms with Crippen molar-refractivity contribution in [3.8, 4) is 17.3 Å². The molecule has 0 spiro atoms. The quantitative estimate of drug-likeness (QED) is 0.492. The lowest BCUT2D eigenvalue weighted by Crippen LogP contribution is -2.36. The molecule has 0 aromatic carbocycles. The summed E-state index contributed by atoms with van der Waals surface area (Å²) in [6.45, 7) is 9.53. The van der Waals surface area contributed by atoms with Gasteiger partial charge in [0.25, 0.3) is 5.95 Å². The van der Waals surface area contributed by atoms with Gasteiger partial charge in [0.1, 0.15) is 5.69 Å². The number of aromatic nitrogens is 7. The molecule has 5 heterocycles. The maximum Gasteiger partial charge on any atom is 0.250 e. The third kappa shape index (κ3) is 3.65. The second-order valence-electron chi connectivity index (χ2n) is 7.89. The van der Waals surface area contributed by atoms with Crippen LogP contribution in [0.2, 0.25) is 0 Å². The van der Waals surface area contributed by atoms with Crippen LogP contribution in [0.3, 0.4) is 0 Å². The summed E-state index contributed by atoms with van der Waals surface area (Å²) in [5.74, 6) is 0.532. The minimum atomic E-state index is 0.237. The molecule has 9 heteroatoms. The van der Waals surface area contributed by atoms with Crippen molar-refractivity contribution in [1.29, 1.82) is 0 Å². The maximum absolute atomic E-state index is 5.41. The summed E-state index contributed by atoms with van der Waals surface area (Å²) in [6, 6.07) is 6.27. The standard InChI is InChI=1S/C22H26N8O/c1-4-18-17-5-6-19(25-21(17)30(27-18)15(2)3)20-7-8-29(26-20)22-23-13-16(14-24-22)28-9-11-31-12-10-28/h5-8,13-15H,4,9-12H2,1-3H3. The van der Waals surface area contributed by atoms with Crippen LogP contribution in [0.1, 0.15) is 32.5 Å². The van der Waals surface area contributed by atoms with Gasteiger partial charge in [0, 0.05) is 30.7 Å². The summed E-state index contributed by atoms with van der Waals surface area (Å²) in [5, 5.41) is 10.5. The molecular formula is C22H26N8O. The molecule has 0 aliphatic carbocycles. The molecule has 4 aromatic heterocycles. The number of fused-ring (bicyclic) bond motifs is 1. The van der Waals surface area contributed by atoms with Crippen molar-refractivity contribution in [2.24, 2.45) is 0 Å². The van der Waals surface area contributed by atoms with Crippen LogP contribution in [-0.4, -0.2) is 60.8 Å². The first-order chi connectivity index (χ1) is 15.1. The molecule has 0 amide bonds. The summed E-state index contributed by atoms with van der Waals surface area (Å²) in [5.41, 5.74) is 4.55. The van der Waals surface area contributed by atoms with Gasteiger partial charge in [0.05, 0.1) is 42.7 Å². The molecule has 0 saturated carbocycles. The minimum Gasteiger partial charge on any atom is -0.378 e. The summed E-state index contributed by atoms with van der Waals surface area (Å²) < 4.78 is 9.08. The normalized spacial score (nSPS) is 14.6. The Hall–Kier alpha value is -3.33. The monoisotopic (exact) mass is 418 g/mol. The predicted molar refractivity (Wildman–Crippen MR) is 118 cm³/mol. The molecule has 31 heavy (non-hydrogen) atoms. The van der Waals surface area contributed by atoms with Gasteiger partial charge in [0.2, 0.25) is 0 Å². The van der Waals surface area contributed by atoms with E-state index < -0.39 is 0 Å². The molecule has 0 unspecified atom stereocenters. The van der Waals surface area contributed by atoms with E-state index in [1.54, 1.807) is 4.68 Å². The zero-order valence-electron chi connectivity index (χ0n) is 18.1. The fourth-order valence-electron chi connectivity index (χ4n) is 3.83. The first-order valence-electron chi connectivity index (χ1n) is 10.7. The second kappa shape index (κ2) is 8.07. The number of nitrogens with zero attached hydrogens (tertiary/aromatic N) is 8. The van der Waals surface area contributed by atoms with E-state index in [4.69, 9.17) is 14.8 Å². The van der Waals surface area contributed by atoms with Crippen LogP contribution in [-0.2, 0) is 11.2 Å². The highest BCUT2D eigenvalue weighted by Gasteiger charge is 2.16. The van der Waals surface area contributed by atoms with Gasteiger partial charge in [-0.15, -0.1) is 0 Å². The number of pyridine rings is 1. The van der Waals surface area contributed by atoms with Crippen molar-refractivity contribution < 1.29 is 4.74 Å². The molecule has 9 nitrogen and oxygen atoms in total. The Morgan fingerprint density at radius 2 is 1.77 bits per heavy atom. The SMILES string of the molecule is CCc1nn(C(C)C)c2nc(-c3ccn(-c4ncc(N5CCOCC5)cn4)n3)ccc12. The Balaban J connectivity index is 1.43.